The molecule has 136 valence electrons. The summed E-state index contributed by atoms with van der Waals surface area (Å²) in [6.07, 6.45) is 5.34. The molecule has 3 heterocycles. The van der Waals surface area contributed by atoms with Crippen LogP contribution in [0.3, 0.4) is 0 Å². The molecule has 1 saturated heterocycles. The molecule has 1 aliphatic heterocycles. The highest BCUT2D eigenvalue weighted by Gasteiger charge is 2.25. The molecule has 4 heteroatoms. The van der Waals surface area contributed by atoms with Gasteiger partial charge in [-0.3, -0.25) is 10.00 Å². The molecule has 1 fully saturated rings. The number of rotatable bonds is 5. The SMILES string of the molecule is CCc1ccc(CN2CCCC(c3[nH]ncc3-c3cccc(C)c3)C2)o1. The molecule has 1 unspecified atom stereocenters. The van der Waals surface area contributed by atoms with Crippen LogP contribution in [-0.2, 0) is 13.0 Å². The average molecular weight is 349 g/mol. The summed E-state index contributed by atoms with van der Waals surface area (Å²) >= 11 is 0. The van der Waals surface area contributed by atoms with E-state index in [9.17, 15) is 0 Å². The first kappa shape index (κ1) is 17.1. The average Bonchev–Trinajstić information content (AvgIpc) is 3.31. The Bertz CT molecular complexity index is 864. The van der Waals surface area contributed by atoms with Gasteiger partial charge in [0.2, 0.25) is 0 Å². The summed E-state index contributed by atoms with van der Waals surface area (Å²) in [4.78, 5) is 2.51. The Kier molecular flexibility index (Phi) is 4.93. The van der Waals surface area contributed by atoms with Crippen molar-refractivity contribution in [3.8, 4) is 11.1 Å². The third-order valence-corrected chi connectivity index (χ3v) is 5.36. The molecule has 0 amide bonds. The third-order valence-electron chi connectivity index (χ3n) is 5.36. The molecule has 0 spiro atoms. The zero-order chi connectivity index (χ0) is 17.9. The molecule has 0 radical (unpaired) electrons. The molecular formula is C22H27N3O. The molecule has 1 aromatic carbocycles. The lowest BCUT2D eigenvalue weighted by Gasteiger charge is -2.32. The number of aryl methyl sites for hydroxylation is 2. The molecule has 3 aromatic rings. The molecule has 4 rings (SSSR count). The monoisotopic (exact) mass is 349 g/mol. The topological polar surface area (TPSA) is 45.1 Å². The van der Waals surface area contributed by atoms with E-state index < -0.39 is 0 Å². The Morgan fingerprint density at radius 2 is 2.12 bits per heavy atom. The quantitative estimate of drug-likeness (QED) is 0.711. The number of hydrogen-bond acceptors (Lipinski definition) is 3. The Labute approximate surface area is 155 Å². The fourth-order valence-corrected chi connectivity index (χ4v) is 4.00. The van der Waals surface area contributed by atoms with E-state index in [0.29, 0.717) is 5.92 Å². The molecule has 0 aliphatic carbocycles. The summed E-state index contributed by atoms with van der Waals surface area (Å²) in [7, 11) is 0. The van der Waals surface area contributed by atoms with Gasteiger partial charge in [0.1, 0.15) is 11.5 Å². The normalized spacial score (nSPS) is 18.3. The zero-order valence-electron chi connectivity index (χ0n) is 15.7. The smallest absolute Gasteiger partial charge is 0.118 e. The van der Waals surface area contributed by atoms with Crippen molar-refractivity contribution in [1.29, 1.82) is 0 Å². The maximum Gasteiger partial charge on any atom is 0.118 e. The van der Waals surface area contributed by atoms with Crippen molar-refractivity contribution in [2.45, 2.75) is 45.6 Å². The van der Waals surface area contributed by atoms with E-state index in [4.69, 9.17) is 4.42 Å². The second kappa shape index (κ2) is 7.50. The van der Waals surface area contributed by atoms with Crippen molar-refractivity contribution in [1.82, 2.24) is 15.1 Å². The molecule has 1 atom stereocenters. The standard InChI is InChI=1S/C22H27N3O/c1-3-19-9-10-20(26-19)15-25-11-5-8-18(14-25)22-21(13-23-24-22)17-7-4-6-16(2)12-17/h4,6-7,9-10,12-13,18H,3,5,8,11,14-15H2,1-2H3,(H,23,24). The fraction of sp³-hybridized carbons (Fsp3) is 0.409. The van der Waals surface area contributed by atoms with E-state index >= 15 is 0 Å². The van der Waals surface area contributed by atoms with Crippen LogP contribution in [0.1, 0.15) is 48.5 Å². The molecular weight excluding hydrogens is 322 g/mol. The third kappa shape index (κ3) is 3.61. The van der Waals surface area contributed by atoms with Crippen LogP contribution in [-0.4, -0.2) is 28.2 Å². The number of furan rings is 1. The van der Waals surface area contributed by atoms with Crippen molar-refractivity contribution >= 4 is 0 Å². The van der Waals surface area contributed by atoms with Crippen LogP contribution < -0.4 is 0 Å². The van der Waals surface area contributed by atoms with Gasteiger partial charge in [-0.05, 0) is 44.0 Å². The fourth-order valence-electron chi connectivity index (χ4n) is 4.00. The lowest BCUT2D eigenvalue weighted by Crippen LogP contribution is -2.34. The molecule has 1 N–H and O–H groups in total. The summed E-state index contributed by atoms with van der Waals surface area (Å²) in [5.74, 6) is 2.64. The van der Waals surface area contributed by atoms with Crippen LogP contribution in [0.25, 0.3) is 11.1 Å². The van der Waals surface area contributed by atoms with Crippen molar-refractivity contribution in [2.24, 2.45) is 0 Å². The predicted molar refractivity (Wildman–Crippen MR) is 104 cm³/mol. The molecule has 0 saturated carbocycles. The lowest BCUT2D eigenvalue weighted by atomic mass is 9.90. The van der Waals surface area contributed by atoms with Gasteiger partial charge in [0.25, 0.3) is 0 Å². The van der Waals surface area contributed by atoms with Crippen LogP contribution in [0, 0.1) is 6.92 Å². The Hall–Kier alpha value is -2.33. The molecule has 0 bridgehead atoms. The van der Waals surface area contributed by atoms with Crippen molar-refractivity contribution < 1.29 is 4.42 Å². The number of nitrogens with one attached hydrogen (secondary N) is 1. The van der Waals surface area contributed by atoms with Gasteiger partial charge < -0.3 is 4.42 Å². The number of hydrogen-bond donors (Lipinski definition) is 1. The first-order chi connectivity index (χ1) is 12.7. The Morgan fingerprint density at radius 1 is 1.23 bits per heavy atom. The summed E-state index contributed by atoms with van der Waals surface area (Å²) in [6.45, 7) is 7.34. The van der Waals surface area contributed by atoms with Gasteiger partial charge in [0.15, 0.2) is 0 Å². The van der Waals surface area contributed by atoms with Crippen molar-refractivity contribution in [3.05, 3.63) is 65.4 Å². The summed E-state index contributed by atoms with van der Waals surface area (Å²) in [6, 6.07) is 12.9. The van der Waals surface area contributed by atoms with Crippen LogP contribution >= 0.6 is 0 Å². The first-order valence-corrected chi connectivity index (χ1v) is 9.63. The maximum atomic E-state index is 5.91. The number of likely N-dealkylation sites (tertiary alicyclic amines) is 1. The minimum absolute atomic E-state index is 0.488. The van der Waals surface area contributed by atoms with Crippen molar-refractivity contribution in [2.75, 3.05) is 13.1 Å². The van der Waals surface area contributed by atoms with Crippen LogP contribution in [0.2, 0.25) is 0 Å². The number of aromatic amines is 1. The molecule has 26 heavy (non-hydrogen) atoms. The zero-order valence-corrected chi connectivity index (χ0v) is 15.7. The molecule has 2 aromatic heterocycles. The number of benzene rings is 1. The van der Waals surface area contributed by atoms with E-state index in [1.807, 2.05) is 6.20 Å². The second-order valence-corrected chi connectivity index (χ2v) is 7.36. The van der Waals surface area contributed by atoms with E-state index in [2.05, 4.69) is 65.3 Å². The maximum absolute atomic E-state index is 5.91. The van der Waals surface area contributed by atoms with Gasteiger partial charge in [-0.2, -0.15) is 5.10 Å². The van der Waals surface area contributed by atoms with Gasteiger partial charge in [0, 0.05) is 30.1 Å². The largest absolute Gasteiger partial charge is 0.465 e. The van der Waals surface area contributed by atoms with Crippen LogP contribution in [0.15, 0.2) is 47.0 Å². The summed E-state index contributed by atoms with van der Waals surface area (Å²) in [5, 5.41) is 7.66. The highest BCUT2D eigenvalue weighted by Crippen LogP contribution is 2.33. The minimum atomic E-state index is 0.488. The second-order valence-electron chi connectivity index (χ2n) is 7.36. The minimum Gasteiger partial charge on any atom is -0.465 e. The van der Waals surface area contributed by atoms with Crippen LogP contribution in [0.5, 0.6) is 0 Å². The number of piperidine rings is 1. The highest BCUT2D eigenvalue weighted by atomic mass is 16.3. The number of nitrogens with zero attached hydrogens (tertiary/aromatic N) is 2. The first-order valence-electron chi connectivity index (χ1n) is 9.63. The van der Waals surface area contributed by atoms with E-state index in [0.717, 1.165) is 37.6 Å². The van der Waals surface area contributed by atoms with Gasteiger partial charge >= 0.3 is 0 Å². The van der Waals surface area contributed by atoms with E-state index in [1.165, 1.54) is 35.2 Å². The van der Waals surface area contributed by atoms with Gasteiger partial charge in [-0.15, -0.1) is 0 Å². The number of H-pyrrole nitrogens is 1. The predicted octanol–water partition coefficient (Wildman–Crippen LogP) is 4.92. The molecule has 1 aliphatic rings. The van der Waals surface area contributed by atoms with E-state index in [1.54, 1.807) is 0 Å². The van der Waals surface area contributed by atoms with Gasteiger partial charge in [-0.1, -0.05) is 36.8 Å². The van der Waals surface area contributed by atoms with Gasteiger partial charge in [-0.25, -0.2) is 0 Å². The van der Waals surface area contributed by atoms with Gasteiger partial charge in [0.05, 0.1) is 12.7 Å². The Morgan fingerprint density at radius 3 is 2.92 bits per heavy atom. The highest BCUT2D eigenvalue weighted by molar-refractivity contribution is 5.66. The Balaban J connectivity index is 1.51. The number of aromatic nitrogens is 2. The van der Waals surface area contributed by atoms with Crippen molar-refractivity contribution in [3.63, 3.8) is 0 Å². The summed E-state index contributed by atoms with van der Waals surface area (Å²) in [5.41, 5.74) is 5.05. The lowest BCUT2D eigenvalue weighted by molar-refractivity contribution is 0.184. The summed E-state index contributed by atoms with van der Waals surface area (Å²) < 4.78 is 5.91. The molecule has 4 nitrogen and oxygen atoms in total. The van der Waals surface area contributed by atoms with E-state index in [-0.39, 0.29) is 0 Å². The van der Waals surface area contributed by atoms with Crippen LogP contribution in [0.4, 0.5) is 0 Å².